The van der Waals surface area contributed by atoms with Gasteiger partial charge in [0.2, 0.25) is 0 Å². The van der Waals surface area contributed by atoms with Crippen molar-refractivity contribution in [3.63, 3.8) is 0 Å². The van der Waals surface area contributed by atoms with Gasteiger partial charge < -0.3 is 15.5 Å². The maximum Gasteiger partial charge on any atom is 0.122 e. The molecule has 0 spiro atoms. The first-order valence-corrected chi connectivity index (χ1v) is 6.16. The maximum absolute atomic E-state index is 9.86. The van der Waals surface area contributed by atoms with Gasteiger partial charge in [-0.05, 0) is 24.8 Å². The Morgan fingerprint density at radius 2 is 2.00 bits per heavy atom. The molecule has 0 radical (unpaired) electrons. The van der Waals surface area contributed by atoms with Crippen LogP contribution in [0.3, 0.4) is 0 Å². The number of phenolic OH excluding ortho intramolecular Hbond substituents is 1. The van der Waals surface area contributed by atoms with Gasteiger partial charge in [-0.25, -0.2) is 0 Å². The number of aromatic hydroxyl groups is 1. The highest BCUT2D eigenvalue weighted by molar-refractivity contribution is 5.39. The number of aryl methyl sites for hydroxylation is 1. The summed E-state index contributed by atoms with van der Waals surface area (Å²) in [5.41, 5.74) is 1.76. The molecule has 0 amide bonds. The Balaban J connectivity index is 2.56. The molecule has 0 aliphatic rings. The van der Waals surface area contributed by atoms with Crippen molar-refractivity contribution in [3.8, 4) is 5.75 Å². The summed E-state index contributed by atoms with van der Waals surface area (Å²) in [6, 6.07) is 5.81. The first-order valence-electron chi connectivity index (χ1n) is 6.16. The molecule has 0 saturated carbocycles. The molecular formula is C14H23NO2. The van der Waals surface area contributed by atoms with Crippen molar-refractivity contribution in [3.05, 3.63) is 29.3 Å². The second-order valence-corrected chi connectivity index (χ2v) is 4.97. The lowest BCUT2D eigenvalue weighted by molar-refractivity contribution is 0.223. The molecular weight excluding hydrogens is 214 g/mol. The van der Waals surface area contributed by atoms with Crippen LogP contribution < -0.4 is 5.32 Å². The summed E-state index contributed by atoms with van der Waals surface area (Å²) in [7, 11) is 0. The molecule has 3 N–H and O–H groups in total. The van der Waals surface area contributed by atoms with Crippen LogP contribution in [0.15, 0.2) is 18.2 Å². The highest BCUT2D eigenvalue weighted by Crippen LogP contribution is 2.21. The fourth-order valence-electron chi connectivity index (χ4n) is 1.91. The molecule has 0 aromatic heterocycles. The summed E-state index contributed by atoms with van der Waals surface area (Å²) < 4.78 is 0. The zero-order valence-electron chi connectivity index (χ0n) is 10.9. The van der Waals surface area contributed by atoms with Gasteiger partial charge in [-0.3, -0.25) is 0 Å². The van der Waals surface area contributed by atoms with E-state index >= 15 is 0 Å². The number of hydrogen-bond donors (Lipinski definition) is 3. The number of benzene rings is 1. The van der Waals surface area contributed by atoms with E-state index in [9.17, 15) is 10.2 Å². The lowest BCUT2D eigenvalue weighted by atomic mass is 10.0. The summed E-state index contributed by atoms with van der Waals surface area (Å²) >= 11 is 0. The molecule has 3 heteroatoms. The van der Waals surface area contributed by atoms with Gasteiger partial charge in [0, 0.05) is 18.2 Å². The Hall–Kier alpha value is -1.06. The predicted octanol–water partition coefficient (Wildman–Crippen LogP) is 2.20. The zero-order chi connectivity index (χ0) is 12.8. The zero-order valence-corrected chi connectivity index (χ0v) is 10.9. The highest BCUT2D eigenvalue weighted by Gasteiger charge is 2.10. The van der Waals surface area contributed by atoms with Gasteiger partial charge in [0.25, 0.3) is 0 Å². The lowest BCUT2D eigenvalue weighted by Crippen LogP contribution is -2.33. The molecule has 1 aromatic carbocycles. The van der Waals surface area contributed by atoms with Gasteiger partial charge in [-0.1, -0.05) is 32.0 Å². The molecule has 3 nitrogen and oxygen atoms in total. The smallest absolute Gasteiger partial charge is 0.122 e. The SMILES string of the molecule is Cc1cccc(CNC(CO)CC(C)C)c1O. The summed E-state index contributed by atoms with van der Waals surface area (Å²) in [5.74, 6) is 0.895. The van der Waals surface area contributed by atoms with Gasteiger partial charge in [-0.15, -0.1) is 0 Å². The Morgan fingerprint density at radius 3 is 2.59 bits per heavy atom. The largest absolute Gasteiger partial charge is 0.507 e. The quantitative estimate of drug-likeness (QED) is 0.711. The molecule has 0 fully saturated rings. The van der Waals surface area contributed by atoms with Crippen LogP contribution in [0.25, 0.3) is 0 Å². The van der Waals surface area contributed by atoms with Crippen LogP contribution in [0.5, 0.6) is 5.75 Å². The third kappa shape index (κ3) is 4.36. The van der Waals surface area contributed by atoms with Gasteiger partial charge in [-0.2, -0.15) is 0 Å². The van der Waals surface area contributed by atoms with Crippen molar-refractivity contribution in [2.24, 2.45) is 5.92 Å². The molecule has 0 heterocycles. The summed E-state index contributed by atoms with van der Waals surface area (Å²) in [6.45, 7) is 6.87. The van der Waals surface area contributed by atoms with Gasteiger partial charge >= 0.3 is 0 Å². The Kier molecular flexibility index (Phi) is 5.45. The number of nitrogens with one attached hydrogen (secondary N) is 1. The third-order valence-corrected chi connectivity index (χ3v) is 2.88. The van der Waals surface area contributed by atoms with E-state index in [-0.39, 0.29) is 12.6 Å². The standard InChI is InChI=1S/C14H23NO2/c1-10(2)7-13(9-16)15-8-12-6-4-5-11(3)14(12)17/h4-6,10,13,15-17H,7-9H2,1-3H3. The van der Waals surface area contributed by atoms with Crippen molar-refractivity contribution in [2.45, 2.75) is 39.8 Å². The topological polar surface area (TPSA) is 52.5 Å². The van der Waals surface area contributed by atoms with Crippen molar-refractivity contribution in [2.75, 3.05) is 6.61 Å². The molecule has 1 rings (SSSR count). The molecule has 96 valence electrons. The van der Waals surface area contributed by atoms with E-state index in [0.717, 1.165) is 17.5 Å². The number of aliphatic hydroxyl groups excluding tert-OH is 1. The molecule has 1 atom stereocenters. The van der Waals surface area contributed by atoms with Crippen LogP contribution in [0, 0.1) is 12.8 Å². The Bertz CT molecular complexity index is 350. The van der Waals surface area contributed by atoms with E-state index in [1.807, 2.05) is 25.1 Å². The van der Waals surface area contributed by atoms with E-state index in [0.29, 0.717) is 18.2 Å². The minimum Gasteiger partial charge on any atom is -0.507 e. The second-order valence-electron chi connectivity index (χ2n) is 4.97. The lowest BCUT2D eigenvalue weighted by Gasteiger charge is -2.18. The van der Waals surface area contributed by atoms with E-state index in [4.69, 9.17) is 0 Å². The van der Waals surface area contributed by atoms with Gasteiger partial charge in [0.05, 0.1) is 6.61 Å². The van der Waals surface area contributed by atoms with Crippen molar-refractivity contribution >= 4 is 0 Å². The molecule has 1 unspecified atom stereocenters. The molecule has 0 bridgehead atoms. The van der Waals surface area contributed by atoms with Crippen LogP contribution >= 0.6 is 0 Å². The van der Waals surface area contributed by atoms with E-state index < -0.39 is 0 Å². The number of rotatable bonds is 6. The predicted molar refractivity (Wildman–Crippen MR) is 70.0 cm³/mol. The molecule has 0 saturated heterocycles. The summed E-state index contributed by atoms with van der Waals surface area (Å²) in [4.78, 5) is 0. The molecule has 1 aromatic rings. The van der Waals surface area contributed by atoms with Crippen LogP contribution in [-0.2, 0) is 6.54 Å². The van der Waals surface area contributed by atoms with E-state index in [1.54, 1.807) is 0 Å². The van der Waals surface area contributed by atoms with E-state index in [1.165, 1.54) is 0 Å². The Morgan fingerprint density at radius 1 is 1.29 bits per heavy atom. The fourth-order valence-corrected chi connectivity index (χ4v) is 1.91. The molecule has 0 aliphatic heterocycles. The van der Waals surface area contributed by atoms with E-state index in [2.05, 4.69) is 19.2 Å². The highest BCUT2D eigenvalue weighted by atomic mass is 16.3. The average molecular weight is 237 g/mol. The average Bonchev–Trinajstić information content (AvgIpc) is 2.28. The molecule has 0 aliphatic carbocycles. The van der Waals surface area contributed by atoms with Gasteiger partial charge in [0.1, 0.15) is 5.75 Å². The molecule has 17 heavy (non-hydrogen) atoms. The van der Waals surface area contributed by atoms with Crippen molar-refractivity contribution in [1.29, 1.82) is 0 Å². The van der Waals surface area contributed by atoms with Crippen LogP contribution in [0.2, 0.25) is 0 Å². The summed E-state index contributed by atoms with van der Waals surface area (Å²) in [6.07, 6.45) is 0.934. The second kappa shape index (κ2) is 6.62. The number of hydrogen-bond acceptors (Lipinski definition) is 3. The van der Waals surface area contributed by atoms with Crippen LogP contribution in [0.1, 0.15) is 31.4 Å². The number of para-hydroxylation sites is 1. The van der Waals surface area contributed by atoms with Crippen molar-refractivity contribution in [1.82, 2.24) is 5.32 Å². The third-order valence-electron chi connectivity index (χ3n) is 2.88. The van der Waals surface area contributed by atoms with Gasteiger partial charge in [0.15, 0.2) is 0 Å². The first-order chi connectivity index (χ1) is 8.04. The maximum atomic E-state index is 9.86. The first kappa shape index (κ1) is 14.0. The number of phenols is 1. The van der Waals surface area contributed by atoms with Crippen molar-refractivity contribution < 1.29 is 10.2 Å². The Labute approximate surface area is 103 Å². The number of aliphatic hydroxyl groups is 1. The van der Waals surface area contributed by atoms with Crippen LogP contribution in [0.4, 0.5) is 0 Å². The minimum atomic E-state index is 0.0925. The monoisotopic (exact) mass is 237 g/mol. The fraction of sp³-hybridized carbons (Fsp3) is 0.571. The van der Waals surface area contributed by atoms with Crippen LogP contribution in [-0.4, -0.2) is 22.9 Å². The summed E-state index contributed by atoms with van der Waals surface area (Å²) in [5, 5.41) is 22.4. The minimum absolute atomic E-state index is 0.0925. The normalized spacial score (nSPS) is 13.0.